The molecule has 2 rings (SSSR count). The van der Waals surface area contributed by atoms with E-state index in [0.717, 1.165) is 6.42 Å². The fraction of sp³-hybridized carbons (Fsp3) is 0.364. The SMILES string of the molecule is CCCOc1cc(NCc2nn[nH]n2)ccc1[N+](=O)[O-]. The molecule has 0 aliphatic carbocycles. The van der Waals surface area contributed by atoms with E-state index in [4.69, 9.17) is 4.74 Å². The van der Waals surface area contributed by atoms with Crippen LogP contribution in [0.15, 0.2) is 18.2 Å². The van der Waals surface area contributed by atoms with Crippen molar-refractivity contribution in [2.24, 2.45) is 0 Å². The van der Waals surface area contributed by atoms with Gasteiger partial charge in [-0.2, -0.15) is 5.21 Å². The lowest BCUT2D eigenvalue weighted by Crippen LogP contribution is -2.04. The monoisotopic (exact) mass is 278 g/mol. The Hall–Kier alpha value is -2.71. The summed E-state index contributed by atoms with van der Waals surface area (Å²) in [4.78, 5) is 10.4. The van der Waals surface area contributed by atoms with E-state index in [1.807, 2.05) is 6.92 Å². The highest BCUT2D eigenvalue weighted by Crippen LogP contribution is 2.30. The molecule has 2 aromatic rings. The summed E-state index contributed by atoms with van der Waals surface area (Å²) in [6.45, 7) is 2.72. The minimum Gasteiger partial charge on any atom is -0.487 e. The molecule has 0 fully saturated rings. The zero-order valence-corrected chi connectivity index (χ0v) is 10.9. The maximum absolute atomic E-state index is 10.9. The molecule has 0 unspecified atom stereocenters. The number of nitrogens with zero attached hydrogens (tertiary/aromatic N) is 4. The largest absolute Gasteiger partial charge is 0.487 e. The number of aromatic amines is 1. The van der Waals surface area contributed by atoms with Gasteiger partial charge < -0.3 is 10.1 Å². The van der Waals surface area contributed by atoms with Gasteiger partial charge in [-0.15, -0.1) is 10.2 Å². The molecule has 0 aliphatic rings. The van der Waals surface area contributed by atoms with Gasteiger partial charge in [0.05, 0.1) is 18.1 Å². The summed E-state index contributed by atoms with van der Waals surface area (Å²) in [5, 5.41) is 27.3. The maximum Gasteiger partial charge on any atom is 0.311 e. The van der Waals surface area contributed by atoms with Crippen LogP contribution in [-0.2, 0) is 6.54 Å². The zero-order chi connectivity index (χ0) is 14.4. The molecule has 20 heavy (non-hydrogen) atoms. The van der Waals surface area contributed by atoms with Gasteiger partial charge in [0.25, 0.3) is 0 Å². The first-order valence-electron chi connectivity index (χ1n) is 6.08. The van der Waals surface area contributed by atoms with E-state index in [9.17, 15) is 10.1 Å². The first kappa shape index (κ1) is 13.7. The van der Waals surface area contributed by atoms with Gasteiger partial charge >= 0.3 is 5.69 Å². The third kappa shape index (κ3) is 3.40. The minimum atomic E-state index is -0.464. The van der Waals surface area contributed by atoms with Crippen LogP contribution in [0.4, 0.5) is 11.4 Å². The topological polar surface area (TPSA) is 119 Å². The van der Waals surface area contributed by atoms with Crippen LogP contribution < -0.4 is 10.1 Å². The zero-order valence-electron chi connectivity index (χ0n) is 10.9. The van der Waals surface area contributed by atoms with E-state index in [-0.39, 0.29) is 11.4 Å². The van der Waals surface area contributed by atoms with Crippen molar-refractivity contribution in [3.63, 3.8) is 0 Å². The fourth-order valence-corrected chi connectivity index (χ4v) is 1.54. The van der Waals surface area contributed by atoms with E-state index in [1.165, 1.54) is 6.07 Å². The van der Waals surface area contributed by atoms with Crippen LogP contribution in [0.3, 0.4) is 0 Å². The number of nitrogens with one attached hydrogen (secondary N) is 2. The smallest absolute Gasteiger partial charge is 0.311 e. The summed E-state index contributed by atoms with van der Waals surface area (Å²) in [5.41, 5.74) is 0.634. The lowest BCUT2D eigenvalue weighted by atomic mass is 10.2. The molecule has 0 aliphatic heterocycles. The molecule has 1 heterocycles. The molecular formula is C11H14N6O3. The molecule has 0 radical (unpaired) electrons. The molecule has 1 aromatic carbocycles. The predicted octanol–water partition coefficient (Wildman–Crippen LogP) is 1.51. The lowest BCUT2D eigenvalue weighted by Gasteiger charge is -2.08. The Labute approximate surface area is 114 Å². The lowest BCUT2D eigenvalue weighted by molar-refractivity contribution is -0.385. The van der Waals surface area contributed by atoms with E-state index >= 15 is 0 Å². The minimum absolute atomic E-state index is 0.0523. The Kier molecular flexibility index (Phi) is 4.43. The molecule has 9 heteroatoms. The maximum atomic E-state index is 10.9. The normalized spacial score (nSPS) is 10.2. The molecule has 0 saturated carbocycles. The van der Waals surface area contributed by atoms with Crippen LogP contribution in [0, 0.1) is 10.1 Å². The number of tetrazole rings is 1. The highest BCUT2D eigenvalue weighted by Gasteiger charge is 2.15. The van der Waals surface area contributed by atoms with Gasteiger partial charge in [-0.05, 0) is 12.5 Å². The van der Waals surface area contributed by atoms with Crippen LogP contribution >= 0.6 is 0 Å². The number of nitro benzene ring substituents is 1. The molecule has 1 aromatic heterocycles. The summed E-state index contributed by atoms with van der Waals surface area (Å²) >= 11 is 0. The van der Waals surface area contributed by atoms with E-state index in [1.54, 1.807) is 12.1 Å². The number of nitro groups is 1. The summed E-state index contributed by atoms with van der Waals surface area (Å²) < 4.78 is 5.39. The molecule has 0 spiro atoms. The Morgan fingerprint density at radius 1 is 1.50 bits per heavy atom. The van der Waals surface area contributed by atoms with Crippen molar-refractivity contribution in [1.82, 2.24) is 20.6 Å². The number of anilines is 1. The molecule has 0 bridgehead atoms. The first-order valence-corrected chi connectivity index (χ1v) is 6.08. The highest BCUT2D eigenvalue weighted by atomic mass is 16.6. The van der Waals surface area contributed by atoms with Crippen LogP contribution in [0.25, 0.3) is 0 Å². The first-order chi connectivity index (χ1) is 9.70. The second-order valence-corrected chi connectivity index (χ2v) is 3.97. The molecule has 9 nitrogen and oxygen atoms in total. The Morgan fingerprint density at radius 2 is 2.35 bits per heavy atom. The van der Waals surface area contributed by atoms with Gasteiger partial charge in [0.2, 0.25) is 0 Å². The number of H-pyrrole nitrogens is 1. The van der Waals surface area contributed by atoms with E-state index in [0.29, 0.717) is 24.7 Å². The van der Waals surface area contributed by atoms with Crippen molar-refractivity contribution in [2.75, 3.05) is 11.9 Å². The Balaban J connectivity index is 2.11. The molecule has 2 N–H and O–H groups in total. The fourth-order valence-electron chi connectivity index (χ4n) is 1.54. The number of ether oxygens (including phenoxy) is 1. The molecule has 0 atom stereocenters. The molecule has 106 valence electrons. The summed E-state index contributed by atoms with van der Waals surface area (Å²) in [6, 6.07) is 4.61. The molecule has 0 amide bonds. The van der Waals surface area contributed by atoms with Gasteiger partial charge in [0, 0.05) is 17.8 Å². The predicted molar refractivity (Wildman–Crippen MR) is 70.4 cm³/mol. The van der Waals surface area contributed by atoms with Crippen LogP contribution in [-0.4, -0.2) is 32.2 Å². The summed E-state index contributed by atoms with van der Waals surface area (Å²) in [5.74, 6) is 0.745. The van der Waals surface area contributed by atoms with Crippen molar-refractivity contribution < 1.29 is 9.66 Å². The number of hydrogen-bond donors (Lipinski definition) is 2. The van der Waals surface area contributed by atoms with Gasteiger partial charge in [0.15, 0.2) is 11.6 Å². The van der Waals surface area contributed by atoms with E-state index < -0.39 is 4.92 Å². The molecule has 0 saturated heterocycles. The van der Waals surface area contributed by atoms with Crippen molar-refractivity contribution in [2.45, 2.75) is 19.9 Å². The average Bonchev–Trinajstić information content (AvgIpc) is 2.96. The second-order valence-electron chi connectivity index (χ2n) is 3.97. The van der Waals surface area contributed by atoms with Gasteiger partial charge in [-0.3, -0.25) is 10.1 Å². The van der Waals surface area contributed by atoms with E-state index in [2.05, 4.69) is 25.9 Å². The summed E-state index contributed by atoms with van der Waals surface area (Å²) in [6.07, 6.45) is 0.775. The third-order valence-electron chi connectivity index (χ3n) is 2.46. The quantitative estimate of drug-likeness (QED) is 0.581. The Bertz CT molecular complexity index is 572. The third-order valence-corrected chi connectivity index (χ3v) is 2.46. The van der Waals surface area contributed by atoms with Crippen molar-refractivity contribution in [3.8, 4) is 5.75 Å². The van der Waals surface area contributed by atoms with Crippen LogP contribution in [0.5, 0.6) is 5.75 Å². The highest BCUT2D eigenvalue weighted by molar-refractivity contribution is 5.57. The van der Waals surface area contributed by atoms with Gasteiger partial charge in [-0.1, -0.05) is 12.1 Å². The van der Waals surface area contributed by atoms with Crippen molar-refractivity contribution >= 4 is 11.4 Å². The van der Waals surface area contributed by atoms with Crippen molar-refractivity contribution in [1.29, 1.82) is 0 Å². The van der Waals surface area contributed by atoms with Crippen LogP contribution in [0.2, 0.25) is 0 Å². The molecular weight excluding hydrogens is 264 g/mol. The number of aromatic nitrogens is 4. The number of rotatable bonds is 7. The number of hydrogen-bond acceptors (Lipinski definition) is 7. The standard InChI is InChI=1S/C11H14N6O3/c1-2-5-20-10-6-8(3-4-9(10)17(18)19)12-7-11-13-15-16-14-11/h3-4,6,12H,2,5,7H2,1H3,(H,13,14,15,16). The van der Waals surface area contributed by atoms with Crippen molar-refractivity contribution in [3.05, 3.63) is 34.1 Å². The summed E-state index contributed by atoms with van der Waals surface area (Å²) in [7, 11) is 0. The van der Waals surface area contributed by atoms with Crippen LogP contribution in [0.1, 0.15) is 19.2 Å². The second kappa shape index (κ2) is 6.45. The average molecular weight is 278 g/mol. The van der Waals surface area contributed by atoms with Gasteiger partial charge in [0.1, 0.15) is 0 Å². The number of benzene rings is 1. The Morgan fingerprint density at radius 3 is 3.00 bits per heavy atom. The van der Waals surface area contributed by atoms with Gasteiger partial charge in [-0.25, -0.2) is 0 Å².